The molecule has 4 aromatic rings. The van der Waals surface area contributed by atoms with Crippen LogP contribution in [0.1, 0.15) is 34.1 Å². The molecule has 35 heavy (non-hydrogen) atoms. The summed E-state index contributed by atoms with van der Waals surface area (Å²) < 4.78 is 20.3. The lowest BCUT2D eigenvalue weighted by atomic mass is 9.92. The molecule has 2 aromatic heterocycles. The van der Waals surface area contributed by atoms with Crippen molar-refractivity contribution in [1.29, 1.82) is 0 Å². The number of nitrogens with zero attached hydrogens (tertiary/aromatic N) is 3. The summed E-state index contributed by atoms with van der Waals surface area (Å²) in [7, 11) is 0. The molecule has 8 heteroatoms. The Balaban J connectivity index is 1.56. The Hall–Kier alpha value is -4.20. The Morgan fingerprint density at radius 2 is 1.91 bits per heavy atom. The van der Waals surface area contributed by atoms with E-state index in [1.807, 2.05) is 32.0 Å². The van der Waals surface area contributed by atoms with Crippen molar-refractivity contribution in [3.8, 4) is 11.5 Å². The highest BCUT2D eigenvalue weighted by atomic mass is 19.1. The lowest BCUT2D eigenvalue weighted by Crippen LogP contribution is -2.64. The summed E-state index contributed by atoms with van der Waals surface area (Å²) in [6, 6.07) is 17.0. The molecule has 1 aliphatic rings. The number of aryl methyl sites for hydroxylation is 2. The molecule has 1 atom stereocenters. The van der Waals surface area contributed by atoms with E-state index in [2.05, 4.69) is 10.4 Å². The molecule has 1 N–H and O–H groups in total. The fraction of sp³-hybridized carbons (Fsp3) is 0.222. The highest BCUT2D eigenvalue weighted by Gasteiger charge is 2.49. The number of aromatic nitrogens is 2. The Morgan fingerprint density at radius 1 is 1.14 bits per heavy atom. The fourth-order valence-electron chi connectivity index (χ4n) is 4.44. The van der Waals surface area contributed by atoms with Gasteiger partial charge in [0.05, 0.1) is 12.8 Å². The van der Waals surface area contributed by atoms with E-state index in [9.17, 15) is 14.0 Å². The van der Waals surface area contributed by atoms with Gasteiger partial charge in [-0.1, -0.05) is 24.3 Å². The standard InChI is InChI=1S/C27H25FN4O3/c1-17-6-7-18(2)22(13-17)32-25(33)23-14-21(24-5-4-12-35-24)30-31(23)16-27(32,3)26(34)29-15-19-8-10-20(28)11-9-19/h4-14H,15-16H2,1-3H3,(H,29,34)/t27-/m1/s1. The molecular weight excluding hydrogens is 447 g/mol. The van der Waals surface area contributed by atoms with Crippen LogP contribution < -0.4 is 10.2 Å². The number of rotatable bonds is 5. The molecule has 0 radical (unpaired) electrons. The van der Waals surface area contributed by atoms with Gasteiger partial charge in [0.2, 0.25) is 5.91 Å². The molecule has 178 valence electrons. The van der Waals surface area contributed by atoms with Gasteiger partial charge in [-0.3, -0.25) is 19.2 Å². The van der Waals surface area contributed by atoms with Gasteiger partial charge in [0.15, 0.2) is 5.76 Å². The largest absolute Gasteiger partial charge is 0.463 e. The van der Waals surface area contributed by atoms with Crippen LogP contribution in [0, 0.1) is 19.7 Å². The molecule has 7 nitrogen and oxygen atoms in total. The van der Waals surface area contributed by atoms with Gasteiger partial charge in [-0.2, -0.15) is 5.10 Å². The Bertz CT molecular complexity index is 1410. The van der Waals surface area contributed by atoms with Crippen molar-refractivity contribution in [2.45, 2.75) is 39.4 Å². The maximum absolute atomic E-state index is 13.9. The van der Waals surface area contributed by atoms with Crippen LogP contribution in [0.4, 0.5) is 10.1 Å². The summed E-state index contributed by atoms with van der Waals surface area (Å²) in [6.45, 7) is 5.95. The third-order valence-electron chi connectivity index (χ3n) is 6.39. The summed E-state index contributed by atoms with van der Waals surface area (Å²) in [4.78, 5) is 29.2. The number of benzene rings is 2. The van der Waals surface area contributed by atoms with Gasteiger partial charge < -0.3 is 9.73 Å². The number of fused-ring (bicyclic) bond motifs is 1. The van der Waals surface area contributed by atoms with Gasteiger partial charge in [-0.15, -0.1) is 0 Å². The molecule has 0 saturated heterocycles. The van der Waals surface area contributed by atoms with Crippen LogP contribution in [-0.4, -0.2) is 27.1 Å². The number of hydrogen-bond donors (Lipinski definition) is 1. The summed E-state index contributed by atoms with van der Waals surface area (Å²) in [5, 5.41) is 7.50. The van der Waals surface area contributed by atoms with Crippen molar-refractivity contribution in [2.24, 2.45) is 0 Å². The number of amides is 2. The van der Waals surface area contributed by atoms with Gasteiger partial charge >= 0.3 is 0 Å². The third-order valence-corrected chi connectivity index (χ3v) is 6.39. The topological polar surface area (TPSA) is 80.4 Å². The molecule has 2 aromatic carbocycles. The molecule has 3 heterocycles. The van der Waals surface area contributed by atoms with Crippen molar-refractivity contribution < 1.29 is 18.4 Å². The quantitative estimate of drug-likeness (QED) is 0.459. The summed E-state index contributed by atoms with van der Waals surface area (Å²) in [5.74, 6) is -0.462. The zero-order valence-corrected chi connectivity index (χ0v) is 19.7. The van der Waals surface area contributed by atoms with Gasteiger partial charge in [0.1, 0.15) is 22.7 Å². The third kappa shape index (κ3) is 4.01. The van der Waals surface area contributed by atoms with Crippen molar-refractivity contribution in [3.05, 3.63) is 95.1 Å². The van der Waals surface area contributed by atoms with Gasteiger partial charge in [0.25, 0.3) is 5.91 Å². The Labute approximate surface area is 202 Å². The van der Waals surface area contributed by atoms with Crippen LogP contribution >= 0.6 is 0 Å². The number of nitrogens with one attached hydrogen (secondary N) is 1. The monoisotopic (exact) mass is 472 g/mol. The number of halogens is 1. The SMILES string of the molecule is Cc1ccc(C)c(N2C(=O)c3cc(-c4ccco4)nn3C[C@]2(C)C(=O)NCc2ccc(F)cc2)c1. The average Bonchev–Trinajstić information content (AvgIpc) is 3.51. The fourth-order valence-corrected chi connectivity index (χ4v) is 4.44. The van der Waals surface area contributed by atoms with E-state index in [0.29, 0.717) is 22.8 Å². The van der Waals surface area contributed by atoms with Crippen molar-refractivity contribution in [2.75, 3.05) is 4.90 Å². The highest BCUT2D eigenvalue weighted by molar-refractivity contribution is 6.12. The smallest absolute Gasteiger partial charge is 0.277 e. The van der Waals surface area contributed by atoms with Crippen LogP contribution in [0.15, 0.2) is 71.3 Å². The van der Waals surface area contributed by atoms with E-state index in [1.54, 1.807) is 53.1 Å². The molecule has 0 fully saturated rings. The van der Waals surface area contributed by atoms with Crippen LogP contribution in [0.2, 0.25) is 0 Å². The van der Waals surface area contributed by atoms with Gasteiger partial charge in [0, 0.05) is 18.3 Å². The molecule has 0 aliphatic carbocycles. The minimum atomic E-state index is -1.27. The van der Waals surface area contributed by atoms with Crippen molar-refractivity contribution >= 4 is 17.5 Å². The molecular formula is C27H25FN4O3. The zero-order chi connectivity index (χ0) is 24.7. The number of hydrogen-bond acceptors (Lipinski definition) is 4. The van der Waals surface area contributed by atoms with Crippen LogP contribution in [0.25, 0.3) is 11.5 Å². The Morgan fingerprint density at radius 3 is 2.63 bits per heavy atom. The molecule has 0 bridgehead atoms. The predicted octanol–water partition coefficient (Wildman–Crippen LogP) is 4.63. The molecule has 0 saturated carbocycles. The minimum Gasteiger partial charge on any atom is -0.463 e. The van der Waals surface area contributed by atoms with E-state index in [4.69, 9.17) is 4.42 Å². The van der Waals surface area contributed by atoms with E-state index >= 15 is 0 Å². The number of furan rings is 1. The van der Waals surface area contributed by atoms with Crippen molar-refractivity contribution in [3.63, 3.8) is 0 Å². The van der Waals surface area contributed by atoms with Crippen LogP contribution in [0.5, 0.6) is 0 Å². The van der Waals surface area contributed by atoms with Crippen molar-refractivity contribution in [1.82, 2.24) is 15.1 Å². The number of carbonyl (C=O) groups excluding carboxylic acids is 2. The first kappa shape index (κ1) is 22.6. The van der Waals surface area contributed by atoms with Gasteiger partial charge in [-0.05, 0) is 67.8 Å². The van der Waals surface area contributed by atoms with Crippen LogP contribution in [-0.2, 0) is 17.9 Å². The molecule has 2 amide bonds. The molecule has 1 aliphatic heterocycles. The van der Waals surface area contributed by atoms with E-state index < -0.39 is 5.54 Å². The van der Waals surface area contributed by atoms with E-state index in [0.717, 1.165) is 16.7 Å². The second kappa shape index (κ2) is 8.54. The lowest BCUT2D eigenvalue weighted by molar-refractivity contribution is -0.126. The van der Waals surface area contributed by atoms with E-state index in [-0.39, 0.29) is 30.7 Å². The normalized spacial score (nSPS) is 17.4. The molecule has 0 unspecified atom stereocenters. The first-order valence-electron chi connectivity index (χ1n) is 11.3. The molecule has 0 spiro atoms. The van der Waals surface area contributed by atoms with E-state index in [1.165, 1.54) is 12.1 Å². The highest BCUT2D eigenvalue weighted by Crippen LogP contribution is 2.36. The molecule has 5 rings (SSSR count). The number of anilines is 1. The second-order valence-corrected chi connectivity index (χ2v) is 9.06. The minimum absolute atomic E-state index is 0.150. The second-order valence-electron chi connectivity index (χ2n) is 9.06. The van der Waals surface area contributed by atoms with Gasteiger partial charge in [-0.25, -0.2) is 4.39 Å². The first-order chi connectivity index (χ1) is 16.8. The summed E-state index contributed by atoms with van der Waals surface area (Å²) >= 11 is 0. The first-order valence-corrected chi connectivity index (χ1v) is 11.3. The summed E-state index contributed by atoms with van der Waals surface area (Å²) in [5.41, 5.74) is 2.90. The number of carbonyl (C=O) groups is 2. The maximum Gasteiger partial charge on any atom is 0.277 e. The average molecular weight is 473 g/mol. The van der Waals surface area contributed by atoms with Crippen LogP contribution in [0.3, 0.4) is 0 Å². The zero-order valence-electron chi connectivity index (χ0n) is 19.7. The lowest BCUT2D eigenvalue weighted by Gasteiger charge is -2.43. The summed E-state index contributed by atoms with van der Waals surface area (Å²) in [6.07, 6.45) is 1.55. The maximum atomic E-state index is 13.9. The Kier molecular flexibility index (Phi) is 5.51. The predicted molar refractivity (Wildman–Crippen MR) is 129 cm³/mol.